The molecule has 7 heteroatoms. The van der Waals surface area contributed by atoms with Crippen molar-refractivity contribution < 1.29 is 14.4 Å². The van der Waals surface area contributed by atoms with E-state index in [4.69, 9.17) is 0 Å². The lowest BCUT2D eigenvalue weighted by atomic mass is 10.1. The average molecular weight is 380 g/mol. The number of carbonyl (C=O) groups is 3. The van der Waals surface area contributed by atoms with Crippen LogP contribution in [-0.2, 0) is 20.8 Å². The van der Waals surface area contributed by atoms with Crippen LogP contribution in [0.1, 0.15) is 18.4 Å². The Bertz CT molecular complexity index is 821. The molecule has 0 radical (unpaired) electrons. The first-order valence-corrected chi connectivity index (χ1v) is 9.35. The van der Waals surface area contributed by atoms with E-state index in [1.54, 1.807) is 24.3 Å². The maximum atomic E-state index is 12.1. The van der Waals surface area contributed by atoms with Crippen LogP contribution in [0.4, 0.5) is 11.4 Å². The summed E-state index contributed by atoms with van der Waals surface area (Å²) in [6, 6.07) is 16.3. The fourth-order valence-electron chi connectivity index (χ4n) is 2.97. The summed E-state index contributed by atoms with van der Waals surface area (Å²) in [5.74, 6) is -0.459. The first kappa shape index (κ1) is 19.6. The van der Waals surface area contributed by atoms with Crippen LogP contribution in [0.3, 0.4) is 0 Å². The summed E-state index contributed by atoms with van der Waals surface area (Å²) in [5, 5.41) is 11.4. The van der Waals surface area contributed by atoms with Gasteiger partial charge in [0.1, 0.15) is 0 Å². The number of anilines is 2. The number of amides is 3. The van der Waals surface area contributed by atoms with E-state index in [0.717, 1.165) is 5.56 Å². The van der Waals surface area contributed by atoms with Crippen LogP contribution in [0.25, 0.3) is 0 Å². The molecule has 0 aliphatic carbocycles. The molecule has 1 saturated heterocycles. The summed E-state index contributed by atoms with van der Waals surface area (Å²) < 4.78 is 0. The van der Waals surface area contributed by atoms with Crippen molar-refractivity contribution in [2.45, 2.75) is 25.3 Å². The van der Waals surface area contributed by atoms with E-state index < -0.39 is 6.04 Å². The first-order chi connectivity index (χ1) is 13.6. The molecule has 0 spiro atoms. The van der Waals surface area contributed by atoms with Crippen molar-refractivity contribution in [2.75, 3.05) is 23.7 Å². The number of hydrogen-bond donors (Lipinski definition) is 4. The second kappa shape index (κ2) is 9.66. The molecule has 3 rings (SSSR count). The molecule has 1 aliphatic heterocycles. The minimum atomic E-state index is -0.503. The fraction of sp³-hybridized carbons (Fsp3) is 0.286. The summed E-state index contributed by atoms with van der Waals surface area (Å²) in [6.07, 6.45) is 1.16. The van der Waals surface area contributed by atoms with Crippen LogP contribution in [0.2, 0.25) is 0 Å². The molecule has 1 unspecified atom stereocenters. The summed E-state index contributed by atoms with van der Waals surface area (Å²) in [5.41, 5.74) is 2.41. The highest BCUT2D eigenvalue weighted by atomic mass is 16.2. The van der Waals surface area contributed by atoms with Gasteiger partial charge in [-0.3, -0.25) is 14.4 Å². The summed E-state index contributed by atoms with van der Waals surface area (Å²) in [6.45, 7) is 1.23. The van der Waals surface area contributed by atoms with Gasteiger partial charge in [0.25, 0.3) is 0 Å². The van der Waals surface area contributed by atoms with E-state index >= 15 is 0 Å². The van der Waals surface area contributed by atoms with Crippen LogP contribution < -0.4 is 21.3 Å². The van der Waals surface area contributed by atoms with Crippen molar-refractivity contribution >= 4 is 29.1 Å². The summed E-state index contributed by atoms with van der Waals surface area (Å²) in [7, 11) is 0. The number of piperazine rings is 1. The van der Waals surface area contributed by atoms with E-state index in [2.05, 4.69) is 21.3 Å². The predicted octanol–water partition coefficient (Wildman–Crippen LogP) is 1.67. The van der Waals surface area contributed by atoms with Crippen LogP contribution in [-0.4, -0.2) is 36.9 Å². The Kier molecular flexibility index (Phi) is 6.75. The molecule has 146 valence electrons. The minimum absolute atomic E-state index is 0.0602. The third kappa shape index (κ3) is 5.92. The third-order valence-electron chi connectivity index (χ3n) is 4.46. The van der Waals surface area contributed by atoms with Crippen molar-refractivity contribution in [3.63, 3.8) is 0 Å². The van der Waals surface area contributed by atoms with Gasteiger partial charge in [-0.15, -0.1) is 0 Å². The predicted molar refractivity (Wildman–Crippen MR) is 108 cm³/mol. The molecule has 28 heavy (non-hydrogen) atoms. The van der Waals surface area contributed by atoms with Gasteiger partial charge in [0, 0.05) is 30.9 Å². The van der Waals surface area contributed by atoms with Gasteiger partial charge in [0.05, 0.1) is 12.5 Å². The Labute approximate surface area is 163 Å². The Hall–Kier alpha value is -3.19. The van der Waals surface area contributed by atoms with Crippen molar-refractivity contribution in [1.82, 2.24) is 10.6 Å². The Balaban J connectivity index is 1.44. The molecule has 1 atom stereocenters. The largest absolute Gasteiger partial charge is 0.353 e. The quantitative estimate of drug-likeness (QED) is 0.587. The molecule has 1 aliphatic rings. The highest BCUT2D eigenvalue weighted by molar-refractivity contribution is 5.96. The van der Waals surface area contributed by atoms with E-state index in [1.165, 1.54) is 0 Å². The zero-order valence-electron chi connectivity index (χ0n) is 15.5. The molecule has 0 aromatic heterocycles. The molecular formula is C21H24N4O3. The number of nitrogens with one attached hydrogen (secondary N) is 4. The minimum Gasteiger partial charge on any atom is -0.353 e. The van der Waals surface area contributed by atoms with Gasteiger partial charge in [-0.1, -0.05) is 30.3 Å². The average Bonchev–Trinajstić information content (AvgIpc) is 2.70. The van der Waals surface area contributed by atoms with Crippen LogP contribution in [0.5, 0.6) is 0 Å². The van der Waals surface area contributed by atoms with E-state index in [-0.39, 0.29) is 24.1 Å². The zero-order chi connectivity index (χ0) is 19.8. The normalized spacial score (nSPS) is 16.1. The molecule has 7 nitrogen and oxygen atoms in total. The highest BCUT2D eigenvalue weighted by Crippen LogP contribution is 2.15. The lowest BCUT2D eigenvalue weighted by Gasteiger charge is -2.22. The zero-order valence-corrected chi connectivity index (χ0v) is 15.5. The van der Waals surface area contributed by atoms with Gasteiger partial charge < -0.3 is 21.3 Å². The van der Waals surface area contributed by atoms with E-state index in [1.807, 2.05) is 30.3 Å². The van der Waals surface area contributed by atoms with Gasteiger partial charge >= 0.3 is 0 Å². The van der Waals surface area contributed by atoms with Crippen LogP contribution >= 0.6 is 0 Å². The number of benzene rings is 2. The molecule has 3 amide bonds. The number of aryl methyl sites for hydroxylation is 1. The third-order valence-corrected chi connectivity index (χ3v) is 4.46. The van der Waals surface area contributed by atoms with Gasteiger partial charge in [-0.25, -0.2) is 0 Å². The first-order valence-electron chi connectivity index (χ1n) is 9.35. The molecule has 4 N–H and O–H groups in total. The molecular weight excluding hydrogens is 356 g/mol. The maximum absolute atomic E-state index is 12.1. The van der Waals surface area contributed by atoms with Gasteiger partial charge in [0.15, 0.2) is 0 Å². The fourth-order valence-corrected chi connectivity index (χ4v) is 2.97. The van der Waals surface area contributed by atoms with Crippen LogP contribution in [0.15, 0.2) is 54.6 Å². The van der Waals surface area contributed by atoms with Gasteiger partial charge in [-0.2, -0.15) is 0 Å². The Morgan fingerprint density at radius 3 is 2.18 bits per heavy atom. The second-order valence-corrected chi connectivity index (χ2v) is 6.66. The summed E-state index contributed by atoms with van der Waals surface area (Å²) in [4.78, 5) is 35.9. The lowest BCUT2D eigenvalue weighted by Crippen LogP contribution is -2.53. The molecule has 2 aromatic rings. The highest BCUT2D eigenvalue weighted by Gasteiger charge is 2.23. The van der Waals surface area contributed by atoms with Crippen molar-refractivity contribution in [3.05, 3.63) is 60.2 Å². The smallest absolute Gasteiger partial charge is 0.237 e. The Morgan fingerprint density at radius 1 is 0.893 bits per heavy atom. The monoisotopic (exact) mass is 380 g/mol. The second-order valence-electron chi connectivity index (χ2n) is 6.66. The molecule has 1 fully saturated rings. The number of rotatable bonds is 7. The van der Waals surface area contributed by atoms with Crippen molar-refractivity contribution in [2.24, 2.45) is 0 Å². The molecule has 0 saturated carbocycles. The molecule has 2 aromatic carbocycles. The number of carbonyl (C=O) groups excluding carboxylic acids is 3. The molecule has 1 heterocycles. The standard InChI is InChI=1S/C21H24N4O3/c26-19(11-6-15-4-2-1-3-5-15)24-16-7-9-17(10-8-16)25-20(27)14-18-21(28)23-13-12-22-18/h1-5,7-10,18,22H,6,11-14H2,(H,23,28)(H,24,26)(H,25,27). The lowest BCUT2D eigenvalue weighted by molar-refractivity contribution is -0.127. The number of hydrogen-bond acceptors (Lipinski definition) is 4. The van der Waals surface area contributed by atoms with Crippen LogP contribution in [0, 0.1) is 0 Å². The van der Waals surface area contributed by atoms with E-state index in [0.29, 0.717) is 37.3 Å². The van der Waals surface area contributed by atoms with E-state index in [9.17, 15) is 14.4 Å². The SMILES string of the molecule is O=C(CCc1ccccc1)Nc1ccc(NC(=O)CC2NCCNC2=O)cc1. The summed E-state index contributed by atoms with van der Waals surface area (Å²) >= 11 is 0. The topological polar surface area (TPSA) is 99.3 Å². The Morgan fingerprint density at radius 2 is 1.54 bits per heavy atom. The molecule has 0 bridgehead atoms. The van der Waals surface area contributed by atoms with Gasteiger partial charge in [-0.05, 0) is 36.2 Å². The van der Waals surface area contributed by atoms with Crippen molar-refractivity contribution in [3.8, 4) is 0 Å². The van der Waals surface area contributed by atoms with Gasteiger partial charge in [0.2, 0.25) is 17.7 Å². The maximum Gasteiger partial charge on any atom is 0.237 e. The van der Waals surface area contributed by atoms with Crippen molar-refractivity contribution in [1.29, 1.82) is 0 Å².